The normalized spacial score (nSPS) is 14.8. The molecule has 0 atom stereocenters. The smallest absolute Gasteiger partial charge is 0.343 e. The van der Waals surface area contributed by atoms with Crippen LogP contribution in [-0.2, 0) is 11.2 Å². The molecule has 1 aliphatic rings. The minimum absolute atomic E-state index is 0.0779. The Bertz CT molecular complexity index is 1190. The lowest BCUT2D eigenvalue weighted by Crippen LogP contribution is -2.30. The molecule has 0 aliphatic carbocycles. The van der Waals surface area contributed by atoms with Crippen LogP contribution in [0.4, 0.5) is 0 Å². The molecule has 6 heteroatoms. The maximum atomic E-state index is 12.8. The summed E-state index contributed by atoms with van der Waals surface area (Å²) in [5, 5.41) is 0. The van der Waals surface area contributed by atoms with E-state index in [1.54, 1.807) is 29.2 Å². The van der Waals surface area contributed by atoms with E-state index in [1.165, 1.54) is 17.3 Å². The van der Waals surface area contributed by atoms with Crippen molar-refractivity contribution in [3.63, 3.8) is 0 Å². The van der Waals surface area contributed by atoms with Crippen molar-refractivity contribution < 1.29 is 14.3 Å². The zero-order valence-corrected chi connectivity index (χ0v) is 19.1. The lowest BCUT2D eigenvalue weighted by Gasteiger charge is -2.14. The van der Waals surface area contributed by atoms with Gasteiger partial charge in [0, 0.05) is 6.54 Å². The summed E-state index contributed by atoms with van der Waals surface area (Å²) in [6.45, 7) is 2.48. The highest BCUT2D eigenvalue weighted by Crippen LogP contribution is 2.33. The van der Waals surface area contributed by atoms with Gasteiger partial charge in [0.1, 0.15) is 10.1 Å². The molecule has 3 aromatic rings. The summed E-state index contributed by atoms with van der Waals surface area (Å²) in [5.41, 5.74) is 3.51. The second-order valence-electron chi connectivity index (χ2n) is 7.40. The molecule has 0 radical (unpaired) electrons. The molecule has 160 valence electrons. The van der Waals surface area contributed by atoms with Crippen LogP contribution in [0.15, 0.2) is 83.8 Å². The van der Waals surface area contributed by atoms with Crippen LogP contribution < -0.4 is 4.74 Å². The Kier molecular flexibility index (Phi) is 6.83. The molecular formula is C26H21NO3S2. The van der Waals surface area contributed by atoms with Crippen molar-refractivity contribution in [2.75, 3.05) is 6.54 Å². The Morgan fingerprint density at radius 1 is 1.03 bits per heavy atom. The quantitative estimate of drug-likeness (QED) is 0.206. The van der Waals surface area contributed by atoms with E-state index in [0.29, 0.717) is 27.1 Å². The summed E-state index contributed by atoms with van der Waals surface area (Å²) in [4.78, 5) is 27.4. The van der Waals surface area contributed by atoms with E-state index in [1.807, 2.05) is 67.6 Å². The van der Waals surface area contributed by atoms with Crippen LogP contribution in [0, 0.1) is 6.92 Å². The van der Waals surface area contributed by atoms with Gasteiger partial charge in [0.2, 0.25) is 0 Å². The van der Waals surface area contributed by atoms with E-state index in [9.17, 15) is 9.59 Å². The van der Waals surface area contributed by atoms with Crippen LogP contribution in [0.25, 0.3) is 6.08 Å². The molecule has 1 heterocycles. The number of carbonyl (C=O) groups excluding carboxylic acids is 2. The Morgan fingerprint density at radius 3 is 2.50 bits per heavy atom. The number of thioether (sulfide) groups is 1. The van der Waals surface area contributed by atoms with E-state index >= 15 is 0 Å². The van der Waals surface area contributed by atoms with Gasteiger partial charge in [-0.15, -0.1) is 0 Å². The number of amides is 1. The fourth-order valence-electron chi connectivity index (χ4n) is 3.30. The predicted molar refractivity (Wildman–Crippen MR) is 133 cm³/mol. The van der Waals surface area contributed by atoms with E-state index in [2.05, 4.69) is 0 Å². The largest absolute Gasteiger partial charge is 0.423 e. The summed E-state index contributed by atoms with van der Waals surface area (Å²) in [7, 11) is 0. The highest BCUT2D eigenvalue weighted by molar-refractivity contribution is 8.26. The van der Waals surface area contributed by atoms with Gasteiger partial charge in [-0.1, -0.05) is 84.1 Å². The van der Waals surface area contributed by atoms with Gasteiger partial charge in [-0.2, -0.15) is 0 Å². The van der Waals surface area contributed by atoms with Gasteiger partial charge >= 0.3 is 5.97 Å². The van der Waals surface area contributed by atoms with Crippen LogP contribution in [0.5, 0.6) is 5.75 Å². The van der Waals surface area contributed by atoms with Crippen molar-refractivity contribution >= 4 is 46.3 Å². The molecule has 4 nitrogen and oxygen atoms in total. The lowest BCUT2D eigenvalue weighted by molar-refractivity contribution is -0.122. The summed E-state index contributed by atoms with van der Waals surface area (Å²) in [5.74, 6) is -0.0318. The fraction of sp³-hybridized carbons (Fsp3) is 0.115. The molecule has 3 aromatic carbocycles. The monoisotopic (exact) mass is 459 g/mol. The molecule has 0 saturated carbocycles. The van der Waals surface area contributed by atoms with Crippen LogP contribution in [-0.4, -0.2) is 27.6 Å². The first-order chi connectivity index (χ1) is 15.5. The van der Waals surface area contributed by atoms with E-state index in [4.69, 9.17) is 17.0 Å². The Labute approximate surface area is 196 Å². The molecule has 1 aliphatic heterocycles. The van der Waals surface area contributed by atoms with Crippen LogP contribution in [0.2, 0.25) is 0 Å². The molecule has 1 saturated heterocycles. The number of aryl methyl sites for hydroxylation is 1. The highest BCUT2D eigenvalue weighted by Gasteiger charge is 2.31. The molecule has 1 amide bonds. The molecule has 0 bridgehead atoms. The molecule has 1 fully saturated rings. The molecule has 0 N–H and O–H groups in total. The Morgan fingerprint density at radius 2 is 1.78 bits per heavy atom. The Balaban J connectivity index is 1.39. The van der Waals surface area contributed by atoms with Gasteiger partial charge < -0.3 is 4.74 Å². The van der Waals surface area contributed by atoms with E-state index in [0.717, 1.165) is 17.5 Å². The summed E-state index contributed by atoms with van der Waals surface area (Å²) < 4.78 is 6.02. The number of esters is 1. The number of benzene rings is 3. The fourth-order valence-corrected chi connectivity index (χ4v) is 4.61. The van der Waals surface area contributed by atoms with Gasteiger partial charge in [-0.25, -0.2) is 4.79 Å². The second kappa shape index (κ2) is 9.94. The minimum atomic E-state index is -0.402. The van der Waals surface area contributed by atoms with Gasteiger partial charge in [0.05, 0.1) is 10.5 Å². The average molecular weight is 460 g/mol. The van der Waals surface area contributed by atoms with Gasteiger partial charge in [-0.05, 0) is 54.8 Å². The molecule has 0 spiro atoms. The van der Waals surface area contributed by atoms with Crippen molar-refractivity contribution in [1.29, 1.82) is 0 Å². The van der Waals surface area contributed by atoms with Crippen LogP contribution in [0.1, 0.15) is 27.0 Å². The van der Waals surface area contributed by atoms with Gasteiger partial charge in [0.25, 0.3) is 5.91 Å². The number of thiocarbonyl (C=S) groups is 1. The predicted octanol–water partition coefficient (Wildman–Crippen LogP) is 5.66. The van der Waals surface area contributed by atoms with E-state index in [-0.39, 0.29) is 5.91 Å². The standard InChI is InChI=1S/C26H21NO3S2/c1-18-6-5-9-21(16-18)25(29)30-22-12-10-20(11-13-22)17-23-24(28)27(26(31)32-23)15-14-19-7-3-2-4-8-19/h2-13,16-17H,14-15H2,1H3/b23-17-. The molecule has 4 rings (SSSR count). The van der Waals surface area contributed by atoms with Crippen molar-refractivity contribution in [2.45, 2.75) is 13.3 Å². The van der Waals surface area contributed by atoms with Gasteiger partial charge in [-0.3, -0.25) is 9.69 Å². The number of hydrogen-bond donors (Lipinski definition) is 0. The van der Waals surface area contributed by atoms with E-state index < -0.39 is 5.97 Å². The minimum Gasteiger partial charge on any atom is -0.423 e. The summed E-state index contributed by atoms with van der Waals surface area (Å²) >= 11 is 6.73. The number of carbonyl (C=O) groups is 2. The zero-order valence-electron chi connectivity index (χ0n) is 17.5. The number of hydrogen-bond acceptors (Lipinski definition) is 5. The van der Waals surface area contributed by atoms with Crippen molar-refractivity contribution in [3.05, 3.63) is 106 Å². The topological polar surface area (TPSA) is 46.6 Å². The summed E-state index contributed by atoms with van der Waals surface area (Å²) in [6.07, 6.45) is 2.57. The first kappa shape index (κ1) is 22.0. The summed E-state index contributed by atoms with van der Waals surface area (Å²) in [6, 6.07) is 24.4. The third-order valence-corrected chi connectivity index (χ3v) is 6.36. The third-order valence-electron chi connectivity index (χ3n) is 4.98. The van der Waals surface area contributed by atoms with Crippen molar-refractivity contribution in [3.8, 4) is 5.75 Å². The first-order valence-corrected chi connectivity index (χ1v) is 11.4. The van der Waals surface area contributed by atoms with Crippen LogP contribution in [0.3, 0.4) is 0 Å². The highest BCUT2D eigenvalue weighted by atomic mass is 32.2. The van der Waals surface area contributed by atoms with Crippen LogP contribution >= 0.6 is 24.0 Å². The number of rotatable bonds is 6. The van der Waals surface area contributed by atoms with Crippen molar-refractivity contribution in [2.24, 2.45) is 0 Å². The SMILES string of the molecule is Cc1cccc(C(=O)Oc2ccc(/C=C3\SC(=S)N(CCc4ccccc4)C3=O)cc2)c1. The Hall–Kier alpha value is -3.22. The maximum Gasteiger partial charge on any atom is 0.343 e. The number of ether oxygens (including phenoxy) is 1. The molecular weight excluding hydrogens is 438 g/mol. The van der Waals surface area contributed by atoms with Gasteiger partial charge in [0.15, 0.2) is 0 Å². The average Bonchev–Trinajstić information content (AvgIpc) is 3.06. The number of nitrogens with zero attached hydrogens (tertiary/aromatic N) is 1. The molecule has 0 unspecified atom stereocenters. The zero-order chi connectivity index (χ0) is 22.5. The molecule has 0 aromatic heterocycles. The second-order valence-corrected chi connectivity index (χ2v) is 9.07. The lowest BCUT2D eigenvalue weighted by atomic mass is 10.1. The first-order valence-electron chi connectivity index (χ1n) is 10.2. The van der Waals surface area contributed by atoms with Crippen molar-refractivity contribution in [1.82, 2.24) is 4.90 Å². The molecule has 32 heavy (non-hydrogen) atoms. The third kappa shape index (κ3) is 5.33. The maximum absolute atomic E-state index is 12.8.